The molecular weight excluding hydrogens is 368 g/mol. The average molecular weight is 392 g/mol. The van der Waals surface area contributed by atoms with Crippen molar-refractivity contribution in [3.05, 3.63) is 59.6 Å². The SMILES string of the molecule is Cc1ccn2cc(C(=O)N[C@@H]3CCCC[C@H]3NC(=O)c3cnc(C)cn3)nc2c1. The standard InChI is InChI=1S/C21H24N6O2/c1-13-7-8-27-12-18(24-19(27)9-13)21(29)26-16-6-4-3-5-15(16)25-20(28)17-11-22-14(2)10-23-17/h7-12,15-16H,3-6H2,1-2H3,(H,25,28)(H,26,29)/t15-,16-/m1/s1. The molecule has 2 atom stereocenters. The van der Waals surface area contributed by atoms with Crippen molar-refractivity contribution in [2.45, 2.75) is 51.6 Å². The Kier molecular flexibility index (Phi) is 5.24. The van der Waals surface area contributed by atoms with Gasteiger partial charge in [-0.2, -0.15) is 0 Å². The molecule has 1 fully saturated rings. The van der Waals surface area contributed by atoms with Gasteiger partial charge in [0.2, 0.25) is 0 Å². The number of aromatic nitrogens is 4. The normalized spacial score (nSPS) is 19.1. The van der Waals surface area contributed by atoms with Crippen molar-refractivity contribution in [2.24, 2.45) is 0 Å². The Balaban J connectivity index is 1.45. The van der Waals surface area contributed by atoms with Gasteiger partial charge in [-0.1, -0.05) is 12.8 Å². The lowest BCUT2D eigenvalue weighted by Crippen LogP contribution is -2.53. The van der Waals surface area contributed by atoms with Crippen LogP contribution in [0.1, 0.15) is 57.9 Å². The zero-order valence-corrected chi connectivity index (χ0v) is 16.6. The van der Waals surface area contributed by atoms with Crippen LogP contribution in [-0.4, -0.2) is 43.3 Å². The molecule has 8 nitrogen and oxygen atoms in total. The first-order valence-corrected chi connectivity index (χ1v) is 9.85. The summed E-state index contributed by atoms with van der Waals surface area (Å²) in [7, 11) is 0. The third-order valence-corrected chi connectivity index (χ3v) is 5.26. The van der Waals surface area contributed by atoms with Crippen molar-refractivity contribution in [2.75, 3.05) is 0 Å². The second kappa shape index (κ2) is 7.98. The minimum absolute atomic E-state index is 0.148. The van der Waals surface area contributed by atoms with Crippen LogP contribution in [0.4, 0.5) is 0 Å². The number of carbonyl (C=O) groups excluding carboxylic acids is 2. The van der Waals surface area contributed by atoms with Gasteiger partial charge in [-0.3, -0.25) is 14.6 Å². The van der Waals surface area contributed by atoms with Crippen LogP contribution in [0, 0.1) is 13.8 Å². The topological polar surface area (TPSA) is 101 Å². The first-order valence-electron chi connectivity index (χ1n) is 9.85. The number of rotatable bonds is 4. The first kappa shape index (κ1) is 19.0. The molecule has 0 saturated heterocycles. The molecule has 0 aromatic carbocycles. The largest absolute Gasteiger partial charge is 0.346 e. The Labute approximate surface area is 168 Å². The summed E-state index contributed by atoms with van der Waals surface area (Å²) in [5.74, 6) is -0.500. The summed E-state index contributed by atoms with van der Waals surface area (Å²) in [5.41, 5.74) is 3.23. The van der Waals surface area contributed by atoms with Gasteiger partial charge in [0.25, 0.3) is 11.8 Å². The molecule has 3 aromatic rings. The van der Waals surface area contributed by atoms with Crippen LogP contribution in [-0.2, 0) is 0 Å². The van der Waals surface area contributed by atoms with E-state index in [-0.39, 0.29) is 29.6 Å². The Hall–Kier alpha value is -3.29. The van der Waals surface area contributed by atoms with Crippen molar-refractivity contribution in [3.8, 4) is 0 Å². The monoisotopic (exact) mass is 392 g/mol. The maximum absolute atomic E-state index is 12.8. The Morgan fingerprint density at radius 1 is 1.00 bits per heavy atom. The van der Waals surface area contributed by atoms with Crippen molar-refractivity contribution in [3.63, 3.8) is 0 Å². The second-order valence-corrected chi connectivity index (χ2v) is 7.58. The van der Waals surface area contributed by atoms with E-state index in [0.717, 1.165) is 42.6 Å². The van der Waals surface area contributed by atoms with Crippen LogP contribution in [0.5, 0.6) is 0 Å². The lowest BCUT2D eigenvalue weighted by molar-refractivity contribution is 0.0857. The van der Waals surface area contributed by atoms with E-state index in [1.54, 1.807) is 12.4 Å². The minimum Gasteiger partial charge on any atom is -0.346 e. The predicted octanol–water partition coefficient (Wildman–Crippen LogP) is 2.21. The van der Waals surface area contributed by atoms with E-state index in [9.17, 15) is 9.59 Å². The molecule has 2 amide bonds. The van der Waals surface area contributed by atoms with Crippen LogP contribution in [0.15, 0.2) is 36.9 Å². The fourth-order valence-electron chi connectivity index (χ4n) is 3.66. The number of hydrogen-bond donors (Lipinski definition) is 2. The molecule has 0 unspecified atom stereocenters. The Morgan fingerprint density at radius 3 is 2.34 bits per heavy atom. The zero-order chi connectivity index (χ0) is 20.4. The lowest BCUT2D eigenvalue weighted by atomic mass is 9.90. The molecule has 0 spiro atoms. The van der Waals surface area contributed by atoms with Crippen molar-refractivity contribution in [1.82, 2.24) is 30.0 Å². The quantitative estimate of drug-likeness (QED) is 0.709. The molecule has 4 rings (SSSR count). The van der Waals surface area contributed by atoms with Crippen molar-refractivity contribution in [1.29, 1.82) is 0 Å². The maximum atomic E-state index is 12.8. The summed E-state index contributed by atoms with van der Waals surface area (Å²) in [4.78, 5) is 38.0. The van der Waals surface area contributed by atoms with E-state index in [4.69, 9.17) is 0 Å². The fraction of sp³-hybridized carbons (Fsp3) is 0.381. The van der Waals surface area contributed by atoms with E-state index in [1.807, 2.05) is 36.6 Å². The van der Waals surface area contributed by atoms with Crippen LogP contribution in [0.3, 0.4) is 0 Å². The molecule has 29 heavy (non-hydrogen) atoms. The van der Waals surface area contributed by atoms with Gasteiger partial charge in [-0.05, 0) is 44.4 Å². The van der Waals surface area contributed by atoms with Gasteiger partial charge >= 0.3 is 0 Å². The number of imidazole rings is 1. The lowest BCUT2D eigenvalue weighted by Gasteiger charge is -2.32. The Morgan fingerprint density at radius 2 is 1.69 bits per heavy atom. The summed E-state index contributed by atoms with van der Waals surface area (Å²) in [6.45, 7) is 3.81. The van der Waals surface area contributed by atoms with Gasteiger partial charge < -0.3 is 15.0 Å². The average Bonchev–Trinajstić information content (AvgIpc) is 3.13. The fourth-order valence-corrected chi connectivity index (χ4v) is 3.66. The van der Waals surface area contributed by atoms with Gasteiger partial charge in [0.1, 0.15) is 17.0 Å². The molecule has 1 aliphatic carbocycles. The predicted molar refractivity (Wildman–Crippen MR) is 108 cm³/mol. The third-order valence-electron chi connectivity index (χ3n) is 5.26. The van der Waals surface area contributed by atoms with E-state index >= 15 is 0 Å². The number of amides is 2. The van der Waals surface area contributed by atoms with Gasteiger partial charge in [-0.15, -0.1) is 0 Å². The number of nitrogens with zero attached hydrogens (tertiary/aromatic N) is 4. The molecule has 3 heterocycles. The number of hydrogen-bond acceptors (Lipinski definition) is 5. The molecule has 0 aliphatic heterocycles. The summed E-state index contributed by atoms with van der Waals surface area (Å²) < 4.78 is 1.83. The third kappa shape index (κ3) is 4.26. The summed E-state index contributed by atoms with van der Waals surface area (Å²) in [6, 6.07) is 3.60. The second-order valence-electron chi connectivity index (χ2n) is 7.58. The summed E-state index contributed by atoms with van der Waals surface area (Å²) >= 11 is 0. The van der Waals surface area contributed by atoms with Crippen LogP contribution < -0.4 is 10.6 Å². The minimum atomic E-state index is -0.271. The summed E-state index contributed by atoms with van der Waals surface area (Å²) in [6.07, 6.45) is 10.3. The highest BCUT2D eigenvalue weighted by atomic mass is 16.2. The van der Waals surface area contributed by atoms with E-state index < -0.39 is 0 Å². The molecule has 3 aromatic heterocycles. The zero-order valence-electron chi connectivity index (χ0n) is 16.6. The highest BCUT2D eigenvalue weighted by Gasteiger charge is 2.29. The van der Waals surface area contributed by atoms with Crippen molar-refractivity contribution < 1.29 is 9.59 Å². The molecule has 150 valence electrons. The highest BCUT2D eigenvalue weighted by Crippen LogP contribution is 2.20. The van der Waals surface area contributed by atoms with Crippen LogP contribution >= 0.6 is 0 Å². The van der Waals surface area contributed by atoms with Crippen molar-refractivity contribution >= 4 is 17.5 Å². The van der Waals surface area contributed by atoms with Gasteiger partial charge in [-0.25, -0.2) is 9.97 Å². The molecule has 1 aliphatic rings. The molecule has 0 bridgehead atoms. The first-order chi connectivity index (χ1) is 14.0. The molecule has 8 heteroatoms. The Bertz CT molecular complexity index is 1040. The maximum Gasteiger partial charge on any atom is 0.271 e. The van der Waals surface area contributed by atoms with Crippen LogP contribution in [0.2, 0.25) is 0 Å². The summed E-state index contributed by atoms with van der Waals surface area (Å²) in [5, 5.41) is 6.08. The van der Waals surface area contributed by atoms with Crippen LogP contribution in [0.25, 0.3) is 5.65 Å². The number of nitrogens with one attached hydrogen (secondary N) is 2. The van der Waals surface area contributed by atoms with Gasteiger partial charge in [0, 0.05) is 30.7 Å². The number of fused-ring (bicyclic) bond motifs is 1. The van der Waals surface area contributed by atoms with E-state index in [1.165, 1.54) is 6.20 Å². The smallest absolute Gasteiger partial charge is 0.271 e. The van der Waals surface area contributed by atoms with Gasteiger partial charge in [0.05, 0.1) is 11.9 Å². The van der Waals surface area contributed by atoms with E-state index in [2.05, 4.69) is 25.6 Å². The molecule has 2 N–H and O–H groups in total. The molecule has 0 radical (unpaired) electrons. The molecular formula is C21H24N6O2. The number of pyridine rings is 1. The molecule has 1 saturated carbocycles. The number of carbonyl (C=O) groups is 2. The van der Waals surface area contributed by atoms with Gasteiger partial charge in [0.15, 0.2) is 0 Å². The van der Waals surface area contributed by atoms with E-state index in [0.29, 0.717) is 5.69 Å². The number of aryl methyl sites for hydroxylation is 2. The highest BCUT2D eigenvalue weighted by molar-refractivity contribution is 5.94.